The average Bonchev–Trinajstić information content (AvgIpc) is 2.82. The third kappa shape index (κ3) is 5.41. The Kier molecular flexibility index (Phi) is 6.70. The minimum atomic E-state index is -4.82. The third-order valence-corrected chi connectivity index (χ3v) is 5.33. The average molecular weight is 502 g/mol. The lowest BCUT2D eigenvalue weighted by molar-refractivity contribution is -0.140. The smallest absolute Gasteiger partial charge is 0.434 e. The van der Waals surface area contributed by atoms with Crippen LogP contribution in [0.15, 0.2) is 66.7 Å². The van der Waals surface area contributed by atoms with Crippen LogP contribution in [0.4, 0.5) is 19.1 Å². The quantitative estimate of drug-likeness (QED) is 0.319. The monoisotopic (exact) mass is 501 g/mol. The summed E-state index contributed by atoms with van der Waals surface area (Å²) in [6, 6.07) is 17.2. The zero-order valence-corrected chi connectivity index (χ0v) is 19.1. The molecule has 3 N–H and O–H groups in total. The van der Waals surface area contributed by atoms with Gasteiger partial charge in [-0.15, -0.1) is 0 Å². The van der Waals surface area contributed by atoms with Gasteiger partial charge in [0, 0.05) is 22.2 Å². The Bertz CT molecular complexity index is 1360. The number of benzene rings is 3. The van der Waals surface area contributed by atoms with Crippen LogP contribution in [-0.2, 0) is 12.8 Å². The van der Waals surface area contributed by atoms with E-state index in [0.29, 0.717) is 16.5 Å². The first kappa shape index (κ1) is 24.2. The molecule has 0 aliphatic heterocycles. The van der Waals surface area contributed by atoms with Gasteiger partial charge in [-0.3, -0.25) is 0 Å². The predicted octanol–water partition coefficient (Wildman–Crippen LogP) is 6.36. The first-order chi connectivity index (χ1) is 16.7. The highest BCUT2D eigenvalue weighted by Gasteiger charge is 2.38. The predicted molar refractivity (Wildman–Crippen MR) is 126 cm³/mol. The molecule has 1 heterocycles. The molecule has 0 aliphatic rings. The largest absolute Gasteiger partial charge is 0.507 e. The van der Waals surface area contributed by atoms with E-state index >= 15 is 0 Å². The number of nitrogens with two attached hydrogens (primary N) is 1. The second kappa shape index (κ2) is 9.71. The van der Waals surface area contributed by atoms with Gasteiger partial charge in [0.15, 0.2) is 5.69 Å². The second-order valence-corrected chi connectivity index (χ2v) is 7.91. The molecule has 3 aromatic carbocycles. The molecule has 0 aliphatic carbocycles. The SMILES string of the molecule is COc1ccc(-c2c(-c3ccc(OCc4cccc(Cl)c4)cc3O)nc(N)nc2C(F)(F)F)cc1. The number of phenols is 1. The number of aromatic nitrogens is 2. The first-order valence-electron chi connectivity index (χ1n) is 10.3. The molecule has 0 atom stereocenters. The lowest BCUT2D eigenvalue weighted by Gasteiger charge is -2.18. The van der Waals surface area contributed by atoms with Gasteiger partial charge in [-0.25, -0.2) is 9.97 Å². The fourth-order valence-electron chi connectivity index (χ4n) is 3.50. The molecule has 0 amide bonds. The van der Waals surface area contributed by atoms with E-state index in [0.717, 1.165) is 5.56 Å². The molecular weight excluding hydrogens is 483 g/mol. The molecule has 6 nitrogen and oxygen atoms in total. The van der Waals surface area contributed by atoms with E-state index in [1.54, 1.807) is 18.2 Å². The normalized spacial score (nSPS) is 11.3. The lowest BCUT2D eigenvalue weighted by atomic mass is 9.96. The highest BCUT2D eigenvalue weighted by atomic mass is 35.5. The summed E-state index contributed by atoms with van der Waals surface area (Å²) < 4.78 is 52.6. The van der Waals surface area contributed by atoms with Crippen LogP contribution >= 0.6 is 11.6 Å². The fourth-order valence-corrected chi connectivity index (χ4v) is 3.72. The van der Waals surface area contributed by atoms with Crippen LogP contribution in [0.5, 0.6) is 17.2 Å². The molecular formula is C25H19ClF3N3O3. The van der Waals surface area contributed by atoms with Gasteiger partial charge in [0.05, 0.1) is 12.8 Å². The summed E-state index contributed by atoms with van der Waals surface area (Å²) in [6.07, 6.45) is -4.82. The van der Waals surface area contributed by atoms with Crippen LogP contribution in [-0.4, -0.2) is 22.2 Å². The number of methoxy groups -OCH3 is 1. The van der Waals surface area contributed by atoms with Crippen LogP contribution in [0.3, 0.4) is 0 Å². The maximum absolute atomic E-state index is 13.9. The van der Waals surface area contributed by atoms with Crippen molar-refractivity contribution in [2.45, 2.75) is 12.8 Å². The zero-order chi connectivity index (χ0) is 25.2. The summed E-state index contributed by atoms with van der Waals surface area (Å²) in [5.41, 5.74) is 4.93. The summed E-state index contributed by atoms with van der Waals surface area (Å²) in [5, 5.41) is 11.3. The van der Waals surface area contributed by atoms with Crippen molar-refractivity contribution in [1.82, 2.24) is 9.97 Å². The van der Waals surface area contributed by atoms with Crippen molar-refractivity contribution in [2.24, 2.45) is 0 Å². The Morgan fingerprint density at radius 2 is 1.69 bits per heavy atom. The molecule has 0 radical (unpaired) electrons. The number of halogens is 4. The van der Waals surface area contributed by atoms with Crippen LogP contribution in [0.25, 0.3) is 22.4 Å². The third-order valence-electron chi connectivity index (χ3n) is 5.09. The number of hydrogen-bond donors (Lipinski definition) is 2. The summed E-state index contributed by atoms with van der Waals surface area (Å²) >= 11 is 5.98. The number of rotatable bonds is 6. The van der Waals surface area contributed by atoms with E-state index in [1.165, 1.54) is 49.6 Å². The molecule has 10 heteroatoms. The van der Waals surface area contributed by atoms with Gasteiger partial charge in [0.2, 0.25) is 5.95 Å². The maximum Gasteiger partial charge on any atom is 0.434 e. The Morgan fingerprint density at radius 1 is 0.971 bits per heavy atom. The summed E-state index contributed by atoms with van der Waals surface area (Å²) in [7, 11) is 1.45. The number of ether oxygens (including phenoxy) is 2. The standard InChI is InChI=1S/C25H19ClF3N3O3/c1-34-17-7-5-15(6-8-17)21-22(31-24(30)32-23(21)25(27,28)29)19-10-9-18(12-20(19)33)35-13-14-3-2-4-16(26)11-14/h2-12,33H,13H2,1H3,(H2,30,31,32). The number of anilines is 1. The van der Waals surface area contributed by atoms with Crippen molar-refractivity contribution in [2.75, 3.05) is 12.8 Å². The van der Waals surface area contributed by atoms with Crippen LogP contribution in [0, 0.1) is 0 Å². The first-order valence-corrected chi connectivity index (χ1v) is 10.6. The van der Waals surface area contributed by atoms with E-state index < -0.39 is 17.8 Å². The van der Waals surface area contributed by atoms with Gasteiger partial charge < -0.3 is 20.3 Å². The van der Waals surface area contributed by atoms with Crippen LogP contribution < -0.4 is 15.2 Å². The molecule has 35 heavy (non-hydrogen) atoms. The molecule has 180 valence electrons. The van der Waals surface area contributed by atoms with Gasteiger partial charge in [0.25, 0.3) is 0 Å². The number of nitrogen functional groups attached to an aromatic ring is 1. The van der Waals surface area contributed by atoms with Gasteiger partial charge in [-0.05, 0) is 47.5 Å². The van der Waals surface area contributed by atoms with Crippen molar-refractivity contribution in [3.63, 3.8) is 0 Å². The highest BCUT2D eigenvalue weighted by molar-refractivity contribution is 6.30. The number of nitrogens with zero attached hydrogens (tertiary/aromatic N) is 2. The Balaban J connectivity index is 1.77. The van der Waals surface area contributed by atoms with Gasteiger partial charge in [-0.2, -0.15) is 13.2 Å². The molecule has 0 saturated carbocycles. The van der Waals surface area contributed by atoms with E-state index in [-0.39, 0.29) is 34.7 Å². The number of aromatic hydroxyl groups is 1. The molecule has 0 unspecified atom stereocenters. The molecule has 4 rings (SSSR count). The molecule has 0 spiro atoms. The van der Waals surface area contributed by atoms with E-state index in [2.05, 4.69) is 9.97 Å². The fraction of sp³-hybridized carbons (Fsp3) is 0.120. The van der Waals surface area contributed by atoms with Gasteiger partial charge >= 0.3 is 6.18 Å². The summed E-state index contributed by atoms with van der Waals surface area (Å²) in [4.78, 5) is 7.51. The molecule has 0 fully saturated rings. The maximum atomic E-state index is 13.9. The van der Waals surface area contributed by atoms with Crippen LogP contribution in [0.2, 0.25) is 5.02 Å². The number of hydrogen-bond acceptors (Lipinski definition) is 6. The Labute approximate surface area is 203 Å². The van der Waals surface area contributed by atoms with Crippen molar-refractivity contribution in [3.8, 4) is 39.6 Å². The van der Waals surface area contributed by atoms with Crippen LogP contribution in [0.1, 0.15) is 11.3 Å². The number of phenolic OH excluding ortho intramolecular Hbond substituents is 1. The Morgan fingerprint density at radius 3 is 2.31 bits per heavy atom. The minimum absolute atomic E-state index is 0.0329. The van der Waals surface area contributed by atoms with Crippen molar-refractivity contribution in [3.05, 3.63) is 83.0 Å². The molecule has 0 bridgehead atoms. The molecule has 4 aromatic rings. The van der Waals surface area contributed by atoms with E-state index in [4.69, 9.17) is 26.8 Å². The highest BCUT2D eigenvalue weighted by Crippen LogP contribution is 2.44. The van der Waals surface area contributed by atoms with Gasteiger partial charge in [0.1, 0.15) is 23.9 Å². The van der Waals surface area contributed by atoms with E-state index in [1.807, 2.05) is 6.07 Å². The summed E-state index contributed by atoms with van der Waals surface area (Å²) in [5.74, 6) is -0.153. The Hall–Kier alpha value is -3.98. The number of alkyl halides is 3. The van der Waals surface area contributed by atoms with Crippen molar-refractivity contribution in [1.29, 1.82) is 0 Å². The van der Waals surface area contributed by atoms with Crippen molar-refractivity contribution >= 4 is 17.5 Å². The van der Waals surface area contributed by atoms with E-state index in [9.17, 15) is 18.3 Å². The lowest BCUT2D eigenvalue weighted by Crippen LogP contribution is -2.14. The zero-order valence-electron chi connectivity index (χ0n) is 18.3. The molecule has 1 aromatic heterocycles. The van der Waals surface area contributed by atoms with Gasteiger partial charge in [-0.1, -0.05) is 35.9 Å². The van der Waals surface area contributed by atoms with Crippen molar-refractivity contribution < 1.29 is 27.8 Å². The summed E-state index contributed by atoms with van der Waals surface area (Å²) in [6.45, 7) is 0.176. The molecule has 0 saturated heterocycles. The minimum Gasteiger partial charge on any atom is -0.507 e. The topological polar surface area (TPSA) is 90.5 Å². The second-order valence-electron chi connectivity index (χ2n) is 7.48.